The van der Waals surface area contributed by atoms with E-state index in [1.165, 1.54) is 30.8 Å². The van der Waals surface area contributed by atoms with Gasteiger partial charge in [0.1, 0.15) is 0 Å². The van der Waals surface area contributed by atoms with Crippen LogP contribution in [0.4, 0.5) is 0 Å². The van der Waals surface area contributed by atoms with E-state index in [-0.39, 0.29) is 0 Å². The minimum Gasteiger partial charge on any atom is -0.161 e. The Kier molecular flexibility index (Phi) is 3.86. The molecule has 0 aromatic heterocycles. The highest BCUT2D eigenvalue weighted by molar-refractivity contribution is 7.99. The van der Waals surface area contributed by atoms with E-state index in [0.717, 1.165) is 0 Å². The molecule has 0 aromatic carbocycles. The van der Waals surface area contributed by atoms with Gasteiger partial charge < -0.3 is 0 Å². The largest absolute Gasteiger partial charge is 0.161 e. The topological polar surface area (TPSA) is 0 Å². The summed E-state index contributed by atoms with van der Waals surface area (Å²) >= 11 is 2.18. The normalized spacial score (nSPS) is 23.6. The van der Waals surface area contributed by atoms with Crippen LogP contribution in [0.3, 0.4) is 0 Å². The average Bonchev–Trinajstić information content (AvgIpc) is 2.25. The van der Waals surface area contributed by atoms with Crippen molar-refractivity contribution in [3.8, 4) is 0 Å². The lowest BCUT2D eigenvalue weighted by molar-refractivity contribution is -0.0171. The lowest BCUT2D eigenvalue weighted by Gasteiger charge is -2.53. The van der Waals surface area contributed by atoms with Crippen molar-refractivity contribution < 1.29 is 0 Å². The summed E-state index contributed by atoms with van der Waals surface area (Å²) in [7, 11) is 0. The molecule has 1 aliphatic heterocycles. The zero-order chi connectivity index (χ0) is 11.7. The van der Waals surface area contributed by atoms with Crippen LogP contribution in [0, 0.1) is 16.2 Å². The Balaban J connectivity index is 3.05. The van der Waals surface area contributed by atoms with Crippen LogP contribution in [0.25, 0.3) is 0 Å². The molecule has 0 unspecified atom stereocenters. The van der Waals surface area contributed by atoms with Crippen molar-refractivity contribution in [1.82, 2.24) is 0 Å². The van der Waals surface area contributed by atoms with Gasteiger partial charge in [-0.05, 0) is 40.6 Å². The SMILES string of the molecule is CC(C)(C)C1(C(C)(C)C)CCCCSC1. The summed E-state index contributed by atoms with van der Waals surface area (Å²) in [5, 5.41) is 0. The summed E-state index contributed by atoms with van der Waals surface area (Å²) < 4.78 is 0. The van der Waals surface area contributed by atoms with E-state index >= 15 is 0 Å². The molecule has 0 aliphatic carbocycles. The highest BCUT2D eigenvalue weighted by Crippen LogP contribution is 2.57. The van der Waals surface area contributed by atoms with Crippen molar-refractivity contribution in [3.63, 3.8) is 0 Å². The van der Waals surface area contributed by atoms with Crippen LogP contribution in [0.2, 0.25) is 0 Å². The Morgan fingerprint density at radius 3 is 1.87 bits per heavy atom. The monoisotopic (exact) mass is 228 g/mol. The second kappa shape index (κ2) is 4.31. The second-order valence-corrected chi connectivity index (χ2v) is 8.20. The summed E-state index contributed by atoms with van der Waals surface area (Å²) in [5.74, 6) is 2.72. The first-order valence-corrected chi connectivity index (χ1v) is 7.44. The van der Waals surface area contributed by atoms with Gasteiger partial charge in [0, 0.05) is 0 Å². The van der Waals surface area contributed by atoms with Crippen molar-refractivity contribution in [2.45, 2.75) is 60.8 Å². The van der Waals surface area contributed by atoms with E-state index in [2.05, 4.69) is 53.3 Å². The van der Waals surface area contributed by atoms with Gasteiger partial charge in [-0.2, -0.15) is 11.8 Å². The van der Waals surface area contributed by atoms with Crippen LogP contribution in [0.5, 0.6) is 0 Å². The fourth-order valence-corrected chi connectivity index (χ4v) is 5.17. The second-order valence-electron chi connectivity index (χ2n) is 7.09. The third-order valence-electron chi connectivity index (χ3n) is 4.36. The summed E-state index contributed by atoms with van der Waals surface area (Å²) in [6.07, 6.45) is 4.24. The molecular weight excluding hydrogens is 200 g/mol. The molecule has 1 rings (SSSR count). The minimum atomic E-state index is 0.419. The first kappa shape index (κ1) is 13.4. The Morgan fingerprint density at radius 2 is 1.40 bits per heavy atom. The van der Waals surface area contributed by atoms with Crippen molar-refractivity contribution in [1.29, 1.82) is 0 Å². The number of hydrogen-bond donors (Lipinski definition) is 0. The van der Waals surface area contributed by atoms with Crippen molar-refractivity contribution >= 4 is 11.8 Å². The van der Waals surface area contributed by atoms with E-state index in [0.29, 0.717) is 16.2 Å². The number of thioether (sulfide) groups is 1. The van der Waals surface area contributed by atoms with E-state index in [4.69, 9.17) is 0 Å². The minimum absolute atomic E-state index is 0.419. The van der Waals surface area contributed by atoms with E-state index in [1.54, 1.807) is 0 Å². The third kappa shape index (κ3) is 2.54. The lowest BCUT2D eigenvalue weighted by atomic mass is 9.53. The Labute approximate surface area is 101 Å². The lowest BCUT2D eigenvalue weighted by Crippen LogP contribution is -2.48. The smallest absolute Gasteiger partial charge is 0.0000779 e. The van der Waals surface area contributed by atoms with E-state index in [1.807, 2.05) is 0 Å². The maximum atomic E-state index is 2.43. The van der Waals surface area contributed by atoms with Gasteiger partial charge in [0.25, 0.3) is 0 Å². The van der Waals surface area contributed by atoms with Gasteiger partial charge in [0.15, 0.2) is 0 Å². The average molecular weight is 228 g/mol. The van der Waals surface area contributed by atoms with Crippen LogP contribution in [-0.2, 0) is 0 Å². The summed E-state index contributed by atoms with van der Waals surface area (Å²) in [6.45, 7) is 14.6. The molecule has 90 valence electrons. The van der Waals surface area contributed by atoms with Gasteiger partial charge in [-0.1, -0.05) is 48.0 Å². The molecular formula is C14H28S. The van der Waals surface area contributed by atoms with Gasteiger partial charge in [-0.25, -0.2) is 0 Å². The first-order chi connectivity index (χ1) is 6.71. The molecule has 0 nitrogen and oxygen atoms in total. The first-order valence-electron chi connectivity index (χ1n) is 6.28. The molecule has 1 heteroatoms. The molecule has 0 saturated carbocycles. The summed E-state index contributed by atoms with van der Waals surface area (Å²) in [4.78, 5) is 0. The van der Waals surface area contributed by atoms with Gasteiger partial charge in [0.2, 0.25) is 0 Å². The number of hydrogen-bond acceptors (Lipinski definition) is 1. The maximum absolute atomic E-state index is 2.43. The fraction of sp³-hybridized carbons (Fsp3) is 1.00. The Bertz CT molecular complexity index is 180. The van der Waals surface area contributed by atoms with Gasteiger partial charge in [-0.3, -0.25) is 0 Å². The van der Waals surface area contributed by atoms with Crippen LogP contribution in [0.1, 0.15) is 60.8 Å². The number of rotatable bonds is 0. The molecule has 1 heterocycles. The molecule has 0 N–H and O–H groups in total. The van der Waals surface area contributed by atoms with Crippen molar-refractivity contribution in [3.05, 3.63) is 0 Å². The molecule has 0 bridgehead atoms. The van der Waals surface area contributed by atoms with Crippen molar-refractivity contribution in [2.24, 2.45) is 16.2 Å². The fourth-order valence-electron chi connectivity index (χ4n) is 3.26. The van der Waals surface area contributed by atoms with E-state index in [9.17, 15) is 0 Å². The zero-order valence-electron chi connectivity index (χ0n) is 11.4. The Morgan fingerprint density at radius 1 is 0.867 bits per heavy atom. The summed E-state index contributed by atoms with van der Waals surface area (Å²) in [5.41, 5.74) is 1.34. The molecule has 1 fully saturated rings. The van der Waals surface area contributed by atoms with Crippen molar-refractivity contribution in [2.75, 3.05) is 11.5 Å². The quantitative estimate of drug-likeness (QED) is 0.563. The molecule has 0 spiro atoms. The molecule has 0 aromatic rings. The molecule has 0 amide bonds. The van der Waals surface area contributed by atoms with Crippen LogP contribution in [0.15, 0.2) is 0 Å². The van der Waals surface area contributed by atoms with Gasteiger partial charge in [-0.15, -0.1) is 0 Å². The van der Waals surface area contributed by atoms with Gasteiger partial charge in [0.05, 0.1) is 0 Å². The predicted octanol–water partition coefficient (Wildman–Crippen LogP) is 4.98. The van der Waals surface area contributed by atoms with Crippen LogP contribution < -0.4 is 0 Å². The molecule has 1 saturated heterocycles. The predicted molar refractivity (Wildman–Crippen MR) is 72.5 cm³/mol. The summed E-state index contributed by atoms with van der Waals surface area (Å²) in [6, 6.07) is 0. The zero-order valence-corrected chi connectivity index (χ0v) is 12.3. The highest BCUT2D eigenvalue weighted by Gasteiger charge is 2.49. The third-order valence-corrected chi connectivity index (χ3v) is 5.64. The Hall–Kier alpha value is 0.350. The molecule has 0 atom stereocenters. The maximum Gasteiger partial charge on any atom is -0.0000779 e. The highest BCUT2D eigenvalue weighted by atomic mass is 32.2. The van der Waals surface area contributed by atoms with Crippen LogP contribution in [-0.4, -0.2) is 11.5 Å². The molecule has 15 heavy (non-hydrogen) atoms. The molecule has 0 radical (unpaired) electrons. The van der Waals surface area contributed by atoms with E-state index < -0.39 is 0 Å². The van der Waals surface area contributed by atoms with Gasteiger partial charge >= 0.3 is 0 Å². The molecule has 1 aliphatic rings. The standard InChI is InChI=1S/C14H28S/c1-12(2,3)14(13(4,5)6)9-7-8-10-15-11-14/h7-11H2,1-6H3. The van der Waals surface area contributed by atoms with Crippen LogP contribution >= 0.6 is 11.8 Å².